The predicted molar refractivity (Wildman–Crippen MR) is 71.3 cm³/mol. The van der Waals surface area contributed by atoms with Crippen molar-refractivity contribution >= 4 is 10.2 Å². The van der Waals surface area contributed by atoms with E-state index in [2.05, 4.69) is 4.72 Å². The summed E-state index contributed by atoms with van der Waals surface area (Å²) in [5.74, 6) is 0.0691. The molecule has 1 aliphatic rings. The topological polar surface area (TPSA) is 75.4 Å². The first-order chi connectivity index (χ1) is 8.54. The van der Waals surface area contributed by atoms with E-state index in [-0.39, 0.29) is 12.0 Å². The predicted octanol–water partition coefficient (Wildman–Crippen LogP) is 0.267. The van der Waals surface area contributed by atoms with Gasteiger partial charge in [0.1, 0.15) is 0 Å². The van der Waals surface area contributed by atoms with E-state index in [4.69, 9.17) is 5.73 Å². The van der Waals surface area contributed by atoms with Crippen LogP contribution in [0.2, 0.25) is 0 Å². The molecule has 1 saturated heterocycles. The minimum absolute atomic E-state index is 0.0691. The van der Waals surface area contributed by atoms with Crippen LogP contribution in [0, 0.1) is 0 Å². The molecule has 1 heterocycles. The second kappa shape index (κ2) is 5.36. The van der Waals surface area contributed by atoms with Crippen LogP contribution in [0.25, 0.3) is 0 Å². The number of hydrogen-bond acceptors (Lipinski definition) is 3. The van der Waals surface area contributed by atoms with E-state index in [0.717, 1.165) is 5.56 Å². The molecule has 100 valence electrons. The summed E-state index contributed by atoms with van der Waals surface area (Å²) in [5.41, 5.74) is 7.16. The van der Waals surface area contributed by atoms with Crippen molar-refractivity contribution in [2.45, 2.75) is 18.9 Å². The molecule has 3 N–H and O–H groups in total. The van der Waals surface area contributed by atoms with Crippen LogP contribution >= 0.6 is 0 Å². The highest BCUT2D eigenvalue weighted by Crippen LogP contribution is 2.27. The summed E-state index contributed by atoms with van der Waals surface area (Å²) in [6.45, 7) is 2.97. The van der Waals surface area contributed by atoms with Gasteiger partial charge in [0.25, 0.3) is 10.2 Å². The van der Waals surface area contributed by atoms with Gasteiger partial charge in [0.15, 0.2) is 0 Å². The van der Waals surface area contributed by atoms with E-state index in [9.17, 15) is 8.42 Å². The van der Waals surface area contributed by atoms with Crippen LogP contribution in [-0.2, 0) is 10.2 Å². The van der Waals surface area contributed by atoms with E-state index in [0.29, 0.717) is 19.6 Å². The van der Waals surface area contributed by atoms with Gasteiger partial charge in [0.05, 0.1) is 0 Å². The van der Waals surface area contributed by atoms with Crippen LogP contribution in [0.3, 0.4) is 0 Å². The fraction of sp³-hybridized carbons (Fsp3) is 0.500. The second-order valence-electron chi connectivity index (χ2n) is 4.50. The number of nitrogens with one attached hydrogen (secondary N) is 1. The van der Waals surface area contributed by atoms with Gasteiger partial charge in [-0.15, -0.1) is 0 Å². The highest BCUT2D eigenvalue weighted by Gasteiger charge is 2.37. The standard InChI is InChI=1S/C12H19N3O2S/c1-2-14-18(16,17)15-8-11(12(13)9-15)10-6-4-3-5-7-10/h3-7,11-12,14H,2,8-9,13H2,1H3. The van der Waals surface area contributed by atoms with Crippen LogP contribution in [-0.4, -0.2) is 38.4 Å². The lowest BCUT2D eigenvalue weighted by Crippen LogP contribution is -2.40. The first-order valence-corrected chi connectivity index (χ1v) is 7.54. The SMILES string of the molecule is CCNS(=O)(=O)N1CC(N)C(c2ccccc2)C1. The van der Waals surface area contributed by atoms with Gasteiger partial charge in [-0.05, 0) is 5.56 Å². The molecule has 1 aromatic rings. The summed E-state index contributed by atoms with van der Waals surface area (Å²) < 4.78 is 27.8. The molecule has 2 unspecified atom stereocenters. The van der Waals surface area contributed by atoms with Crippen LogP contribution in [0.4, 0.5) is 0 Å². The Bertz CT molecular complexity index is 489. The van der Waals surface area contributed by atoms with E-state index in [1.54, 1.807) is 6.92 Å². The molecule has 1 aliphatic heterocycles. The highest BCUT2D eigenvalue weighted by atomic mass is 32.2. The Balaban J connectivity index is 2.15. The molecule has 0 aromatic heterocycles. The van der Waals surface area contributed by atoms with Crippen molar-refractivity contribution in [3.8, 4) is 0 Å². The molecule has 0 saturated carbocycles. The maximum Gasteiger partial charge on any atom is 0.279 e. The number of nitrogens with zero attached hydrogens (tertiary/aromatic N) is 1. The van der Waals surface area contributed by atoms with Gasteiger partial charge in [-0.25, -0.2) is 4.72 Å². The van der Waals surface area contributed by atoms with Gasteiger partial charge in [-0.3, -0.25) is 0 Å². The lowest BCUT2D eigenvalue weighted by atomic mass is 9.95. The van der Waals surface area contributed by atoms with Gasteiger partial charge < -0.3 is 5.73 Å². The smallest absolute Gasteiger partial charge is 0.279 e. The maximum atomic E-state index is 11.9. The summed E-state index contributed by atoms with van der Waals surface area (Å²) >= 11 is 0. The van der Waals surface area contributed by atoms with Gasteiger partial charge in [0, 0.05) is 31.6 Å². The third kappa shape index (κ3) is 2.72. The van der Waals surface area contributed by atoms with Crippen molar-refractivity contribution < 1.29 is 8.42 Å². The Morgan fingerprint density at radius 3 is 2.61 bits per heavy atom. The van der Waals surface area contributed by atoms with Gasteiger partial charge >= 0.3 is 0 Å². The Kier molecular flexibility index (Phi) is 4.01. The molecular weight excluding hydrogens is 250 g/mol. The van der Waals surface area contributed by atoms with E-state index in [1.807, 2.05) is 30.3 Å². The average molecular weight is 269 g/mol. The number of hydrogen-bond donors (Lipinski definition) is 2. The van der Waals surface area contributed by atoms with Gasteiger partial charge in [-0.1, -0.05) is 37.3 Å². The lowest BCUT2D eigenvalue weighted by Gasteiger charge is -2.16. The van der Waals surface area contributed by atoms with Gasteiger partial charge in [0.2, 0.25) is 0 Å². The first kappa shape index (κ1) is 13.5. The molecule has 0 bridgehead atoms. The van der Waals surface area contributed by atoms with Crippen molar-refractivity contribution in [1.82, 2.24) is 9.03 Å². The minimum atomic E-state index is -3.38. The fourth-order valence-corrected chi connectivity index (χ4v) is 3.59. The second-order valence-corrected chi connectivity index (χ2v) is 6.26. The third-order valence-corrected chi connectivity index (χ3v) is 4.86. The van der Waals surface area contributed by atoms with E-state index < -0.39 is 10.2 Å². The number of rotatable bonds is 4. The summed E-state index contributed by atoms with van der Waals surface area (Å²) in [5, 5.41) is 0. The zero-order valence-electron chi connectivity index (χ0n) is 10.4. The molecule has 2 atom stereocenters. The van der Waals surface area contributed by atoms with Crippen molar-refractivity contribution in [2.75, 3.05) is 19.6 Å². The van der Waals surface area contributed by atoms with Crippen LogP contribution in [0.5, 0.6) is 0 Å². The van der Waals surface area contributed by atoms with Crippen molar-refractivity contribution in [1.29, 1.82) is 0 Å². The molecule has 1 fully saturated rings. The summed E-state index contributed by atoms with van der Waals surface area (Å²) in [6, 6.07) is 9.67. The van der Waals surface area contributed by atoms with Crippen LogP contribution in [0.1, 0.15) is 18.4 Å². The monoisotopic (exact) mass is 269 g/mol. The molecule has 18 heavy (non-hydrogen) atoms. The normalized spacial score (nSPS) is 25.4. The largest absolute Gasteiger partial charge is 0.326 e. The Morgan fingerprint density at radius 1 is 1.33 bits per heavy atom. The lowest BCUT2D eigenvalue weighted by molar-refractivity contribution is 0.460. The number of benzene rings is 1. The van der Waals surface area contributed by atoms with Gasteiger partial charge in [-0.2, -0.15) is 12.7 Å². The Hall–Kier alpha value is -0.950. The van der Waals surface area contributed by atoms with E-state index >= 15 is 0 Å². The van der Waals surface area contributed by atoms with Crippen LogP contribution < -0.4 is 10.5 Å². The highest BCUT2D eigenvalue weighted by molar-refractivity contribution is 7.87. The quantitative estimate of drug-likeness (QED) is 0.823. The molecule has 2 rings (SSSR count). The summed E-state index contributed by atoms with van der Waals surface area (Å²) in [4.78, 5) is 0. The van der Waals surface area contributed by atoms with E-state index in [1.165, 1.54) is 4.31 Å². The molecular formula is C12H19N3O2S. The third-order valence-electron chi connectivity index (χ3n) is 3.23. The first-order valence-electron chi connectivity index (χ1n) is 6.10. The fourth-order valence-electron chi connectivity index (χ4n) is 2.31. The minimum Gasteiger partial charge on any atom is -0.326 e. The molecule has 5 nitrogen and oxygen atoms in total. The summed E-state index contributed by atoms with van der Waals surface area (Å²) in [6.07, 6.45) is 0. The Labute approximate surface area is 108 Å². The number of nitrogens with two attached hydrogens (primary N) is 1. The summed E-state index contributed by atoms with van der Waals surface area (Å²) in [7, 11) is -3.38. The maximum absolute atomic E-state index is 11.9. The van der Waals surface area contributed by atoms with Crippen molar-refractivity contribution in [3.63, 3.8) is 0 Å². The molecule has 0 spiro atoms. The zero-order valence-corrected chi connectivity index (χ0v) is 11.2. The van der Waals surface area contributed by atoms with Crippen molar-refractivity contribution in [3.05, 3.63) is 35.9 Å². The zero-order chi connectivity index (χ0) is 13.2. The van der Waals surface area contributed by atoms with Crippen LogP contribution in [0.15, 0.2) is 30.3 Å². The molecule has 6 heteroatoms. The molecule has 0 radical (unpaired) electrons. The molecule has 1 aromatic carbocycles. The Morgan fingerprint density at radius 2 is 2.00 bits per heavy atom. The average Bonchev–Trinajstić information content (AvgIpc) is 2.73. The molecule has 0 amide bonds. The van der Waals surface area contributed by atoms with Crippen molar-refractivity contribution in [2.24, 2.45) is 5.73 Å². The molecule has 0 aliphatic carbocycles.